The van der Waals surface area contributed by atoms with E-state index in [2.05, 4.69) is 12.2 Å². The molecule has 2 rings (SSSR count). The number of ether oxygens (including phenoxy) is 2. The molecule has 4 atom stereocenters. The monoisotopic (exact) mass is 169 g/mol. The highest BCUT2D eigenvalue weighted by atomic mass is 16.5. The Labute approximate surface area is 72.5 Å². The van der Waals surface area contributed by atoms with E-state index in [9.17, 15) is 0 Å². The Balaban J connectivity index is 2.07. The second-order valence-corrected chi connectivity index (χ2v) is 3.47. The Kier molecular flexibility index (Phi) is 2.17. The van der Waals surface area contributed by atoms with Gasteiger partial charge in [0.15, 0.2) is 0 Å². The molecule has 2 heterocycles. The van der Waals surface area contributed by atoms with E-state index in [0.29, 0.717) is 18.4 Å². The van der Waals surface area contributed by atoms with Gasteiger partial charge in [-0.15, -0.1) is 0 Å². The highest BCUT2D eigenvalue weighted by Crippen LogP contribution is 2.38. The van der Waals surface area contributed by atoms with Crippen LogP contribution in [-0.2, 0) is 9.47 Å². The Bertz CT molecular complexity index is 193. The van der Waals surface area contributed by atoms with Crippen LogP contribution in [0.25, 0.3) is 0 Å². The molecule has 0 spiro atoms. The maximum atomic E-state index is 5.67. The Hall–Kier alpha value is -0.380. The molecule has 0 amide bonds. The normalized spacial score (nSPS) is 44.2. The largest absolute Gasteiger partial charge is 0.384 e. The number of hydrogen-bond donors (Lipinski definition) is 1. The molecule has 0 aromatic carbocycles. The van der Waals surface area contributed by atoms with E-state index in [1.54, 1.807) is 7.11 Å². The zero-order valence-corrected chi connectivity index (χ0v) is 7.27. The van der Waals surface area contributed by atoms with Gasteiger partial charge in [-0.3, -0.25) is 0 Å². The molecule has 0 saturated carbocycles. The van der Waals surface area contributed by atoms with E-state index in [1.165, 1.54) is 0 Å². The number of rotatable bonds is 3. The third-order valence-corrected chi connectivity index (χ3v) is 2.83. The Morgan fingerprint density at radius 3 is 2.58 bits per heavy atom. The summed E-state index contributed by atoms with van der Waals surface area (Å²) in [5.74, 6) is 0.926. The number of methoxy groups -OCH3 is 1. The van der Waals surface area contributed by atoms with Gasteiger partial charge < -0.3 is 15.2 Å². The summed E-state index contributed by atoms with van der Waals surface area (Å²) in [7, 11) is 1.73. The van der Waals surface area contributed by atoms with Crippen LogP contribution in [0.4, 0.5) is 0 Å². The minimum absolute atomic E-state index is 0.250. The zero-order valence-electron chi connectivity index (χ0n) is 7.27. The van der Waals surface area contributed by atoms with Gasteiger partial charge in [0.05, 0.1) is 18.8 Å². The van der Waals surface area contributed by atoms with Crippen molar-refractivity contribution in [3.63, 3.8) is 0 Å². The van der Waals surface area contributed by atoms with Crippen LogP contribution in [0.3, 0.4) is 0 Å². The van der Waals surface area contributed by atoms with E-state index in [1.807, 2.05) is 0 Å². The van der Waals surface area contributed by atoms with Crippen molar-refractivity contribution in [2.45, 2.75) is 12.2 Å². The van der Waals surface area contributed by atoms with Gasteiger partial charge >= 0.3 is 0 Å². The molecule has 2 aliphatic rings. The van der Waals surface area contributed by atoms with Crippen molar-refractivity contribution >= 4 is 0 Å². The fourth-order valence-electron chi connectivity index (χ4n) is 2.19. The standard InChI is InChI=1S/C9H15NO2/c1-11-5-7-6(4-10)8-2-3-9(7)12-8/h2-3,6-9H,4-5,10H2,1H3. The van der Waals surface area contributed by atoms with Crippen LogP contribution in [-0.4, -0.2) is 32.5 Å². The Morgan fingerprint density at radius 1 is 1.33 bits per heavy atom. The van der Waals surface area contributed by atoms with Gasteiger partial charge in [-0.05, 0) is 6.54 Å². The second-order valence-electron chi connectivity index (χ2n) is 3.47. The zero-order chi connectivity index (χ0) is 8.55. The molecule has 1 saturated heterocycles. The first-order valence-electron chi connectivity index (χ1n) is 4.39. The second kappa shape index (κ2) is 3.17. The predicted octanol–water partition coefficient (Wildman–Crippen LogP) is 0.161. The van der Waals surface area contributed by atoms with Crippen LogP contribution in [0.1, 0.15) is 0 Å². The molecule has 3 nitrogen and oxygen atoms in total. The lowest BCUT2D eigenvalue weighted by molar-refractivity contribution is 0.0825. The van der Waals surface area contributed by atoms with Crippen LogP contribution >= 0.6 is 0 Å². The van der Waals surface area contributed by atoms with Crippen molar-refractivity contribution in [2.75, 3.05) is 20.3 Å². The van der Waals surface area contributed by atoms with Gasteiger partial charge in [-0.1, -0.05) is 12.2 Å². The summed E-state index contributed by atoms with van der Waals surface area (Å²) in [6.45, 7) is 1.45. The predicted molar refractivity (Wildman–Crippen MR) is 45.7 cm³/mol. The van der Waals surface area contributed by atoms with E-state index >= 15 is 0 Å². The summed E-state index contributed by atoms with van der Waals surface area (Å²) in [6, 6.07) is 0. The molecule has 0 aliphatic carbocycles. The molecular formula is C9H15NO2. The number of nitrogens with two attached hydrogens (primary N) is 1. The lowest BCUT2D eigenvalue weighted by Gasteiger charge is -2.22. The minimum Gasteiger partial charge on any atom is -0.384 e. The lowest BCUT2D eigenvalue weighted by atomic mass is 9.84. The van der Waals surface area contributed by atoms with Crippen molar-refractivity contribution in [2.24, 2.45) is 17.6 Å². The third kappa shape index (κ3) is 1.09. The average Bonchev–Trinajstić information content (AvgIpc) is 2.64. The van der Waals surface area contributed by atoms with Gasteiger partial charge in [0.1, 0.15) is 0 Å². The van der Waals surface area contributed by atoms with E-state index in [0.717, 1.165) is 6.61 Å². The lowest BCUT2D eigenvalue weighted by Crippen LogP contribution is -2.33. The van der Waals surface area contributed by atoms with Gasteiger partial charge in [-0.25, -0.2) is 0 Å². The fraction of sp³-hybridized carbons (Fsp3) is 0.778. The van der Waals surface area contributed by atoms with Crippen LogP contribution in [0.15, 0.2) is 12.2 Å². The molecule has 3 heteroatoms. The van der Waals surface area contributed by atoms with Gasteiger partial charge in [-0.2, -0.15) is 0 Å². The van der Waals surface area contributed by atoms with Crippen molar-refractivity contribution in [1.82, 2.24) is 0 Å². The van der Waals surface area contributed by atoms with Crippen LogP contribution < -0.4 is 5.73 Å². The van der Waals surface area contributed by atoms with Gasteiger partial charge in [0.25, 0.3) is 0 Å². The highest BCUT2D eigenvalue weighted by Gasteiger charge is 2.44. The summed E-state index contributed by atoms with van der Waals surface area (Å²) in [6.07, 6.45) is 4.75. The van der Waals surface area contributed by atoms with E-state index in [-0.39, 0.29) is 12.2 Å². The van der Waals surface area contributed by atoms with Crippen LogP contribution in [0, 0.1) is 11.8 Å². The minimum atomic E-state index is 0.250. The molecule has 0 aromatic rings. The van der Waals surface area contributed by atoms with Crippen molar-refractivity contribution < 1.29 is 9.47 Å². The topological polar surface area (TPSA) is 44.5 Å². The summed E-state index contributed by atoms with van der Waals surface area (Å²) >= 11 is 0. The number of fused-ring (bicyclic) bond motifs is 2. The fourth-order valence-corrected chi connectivity index (χ4v) is 2.19. The molecule has 4 unspecified atom stereocenters. The van der Waals surface area contributed by atoms with Gasteiger partial charge in [0, 0.05) is 18.9 Å². The molecule has 68 valence electrons. The molecule has 0 radical (unpaired) electrons. The first-order valence-corrected chi connectivity index (χ1v) is 4.39. The molecule has 2 N–H and O–H groups in total. The quantitative estimate of drug-likeness (QED) is 0.612. The molecule has 2 bridgehead atoms. The number of hydrogen-bond acceptors (Lipinski definition) is 3. The average molecular weight is 169 g/mol. The first kappa shape index (κ1) is 8.23. The summed E-state index contributed by atoms with van der Waals surface area (Å²) in [4.78, 5) is 0. The SMILES string of the molecule is COCC1C2C=CC(O2)C1CN. The summed E-state index contributed by atoms with van der Waals surface area (Å²) < 4.78 is 10.8. The van der Waals surface area contributed by atoms with Crippen molar-refractivity contribution in [3.8, 4) is 0 Å². The van der Waals surface area contributed by atoms with Crippen LogP contribution in [0.2, 0.25) is 0 Å². The van der Waals surface area contributed by atoms with Crippen molar-refractivity contribution in [1.29, 1.82) is 0 Å². The van der Waals surface area contributed by atoms with Gasteiger partial charge in [0.2, 0.25) is 0 Å². The maximum Gasteiger partial charge on any atom is 0.0819 e. The molecule has 12 heavy (non-hydrogen) atoms. The third-order valence-electron chi connectivity index (χ3n) is 2.83. The van der Waals surface area contributed by atoms with E-state index < -0.39 is 0 Å². The summed E-state index contributed by atoms with van der Waals surface area (Å²) in [5, 5.41) is 0. The smallest absolute Gasteiger partial charge is 0.0819 e. The van der Waals surface area contributed by atoms with E-state index in [4.69, 9.17) is 15.2 Å². The molecule has 0 aromatic heterocycles. The van der Waals surface area contributed by atoms with Crippen LogP contribution in [0.5, 0.6) is 0 Å². The molecular weight excluding hydrogens is 154 g/mol. The van der Waals surface area contributed by atoms with Crippen molar-refractivity contribution in [3.05, 3.63) is 12.2 Å². The maximum absolute atomic E-state index is 5.67. The highest BCUT2D eigenvalue weighted by molar-refractivity contribution is 5.14. The molecule has 1 fully saturated rings. The first-order chi connectivity index (χ1) is 5.86. The summed E-state index contributed by atoms with van der Waals surface area (Å²) in [5.41, 5.74) is 5.67. The molecule has 2 aliphatic heterocycles. The Morgan fingerprint density at radius 2 is 2.00 bits per heavy atom.